The summed E-state index contributed by atoms with van der Waals surface area (Å²) in [5.41, 5.74) is 3.82. The molecule has 0 aliphatic carbocycles. The summed E-state index contributed by atoms with van der Waals surface area (Å²) in [6, 6.07) is 10.6. The Balaban J connectivity index is 1.84. The molecule has 2 aromatic rings. The van der Waals surface area contributed by atoms with E-state index in [1.165, 1.54) is 16.7 Å². The molecular weight excluding hydrogens is 224 g/mol. The number of nitrogens with zero attached hydrogens (tertiary/aromatic N) is 1. The average Bonchev–Trinajstić information content (AvgIpc) is 2.76. The number of hydrogen-bond donors (Lipinski definition) is 1. The van der Waals surface area contributed by atoms with Gasteiger partial charge >= 0.3 is 0 Å². The van der Waals surface area contributed by atoms with Crippen LogP contribution in [0.15, 0.2) is 42.7 Å². The van der Waals surface area contributed by atoms with Crippen LogP contribution in [0.25, 0.3) is 0 Å². The molecule has 3 heteroatoms. The maximum atomic E-state index is 5.14. The Bertz CT molecular complexity index is 491. The van der Waals surface area contributed by atoms with Gasteiger partial charge in [-0.1, -0.05) is 24.3 Å². The molecule has 1 N–H and O–H groups in total. The molecule has 1 aromatic heterocycles. The van der Waals surface area contributed by atoms with Crippen molar-refractivity contribution >= 4 is 0 Å². The van der Waals surface area contributed by atoms with Crippen molar-refractivity contribution in [3.8, 4) is 0 Å². The van der Waals surface area contributed by atoms with Crippen LogP contribution in [-0.2, 0) is 31.5 Å². The van der Waals surface area contributed by atoms with E-state index in [-0.39, 0.29) is 0 Å². The number of aryl methyl sites for hydroxylation is 1. The average molecular weight is 244 g/mol. The molecule has 0 spiro atoms. The van der Waals surface area contributed by atoms with E-state index < -0.39 is 0 Å². The number of hydrogen-bond acceptors (Lipinski definition) is 2. The van der Waals surface area contributed by atoms with Crippen LogP contribution in [0.1, 0.15) is 16.7 Å². The highest BCUT2D eigenvalue weighted by Gasteiger charge is 1.97. The van der Waals surface area contributed by atoms with Crippen LogP contribution in [0.2, 0.25) is 0 Å². The predicted molar refractivity (Wildman–Crippen MR) is 73.1 cm³/mol. The van der Waals surface area contributed by atoms with Crippen molar-refractivity contribution in [3.05, 3.63) is 59.4 Å². The van der Waals surface area contributed by atoms with Gasteiger partial charge < -0.3 is 14.6 Å². The SMILES string of the molecule is COCc1cccc(CNCc2ccn(C)c2)c1. The normalized spacial score (nSPS) is 10.8. The van der Waals surface area contributed by atoms with Crippen LogP contribution < -0.4 is 5.32 Å². The van der Waals surface area contributed by atoms with E-state index in [4.69, 9.17) is 4.74 Å². The molecule has 0 aliphatic heterocycles. The minimum Gasteiger partial charge on any atom is -0.380 e. The first-order chi connectivity index (χ1) is 8.78. The number of benzene rings is 1. The molecule has 3 nitrogen and oxygen atoms in total. The van der Waals surface area contributed by atoms with Gasteiger partial charge in [0.15, 0.2) is 0 Å². The number of nitrogens with one attached hydrogen (secondary N) is 1. The van der Waals surface area contributed by atoms with Gasteiger partial charge in [-0.3, -0.25) is 0 Å². The molecule has 0 saturated heterocycles. The molecule has 0 fully saturated rings. The van der Waals surface area contributed by atoms with Crippen LogP contribution in [0.4, 0.5) is 0 Å². The topological polar surface area (TPSA) is 26.2 Å². The maximum Gasteiger partial charge on any atom is 0.0713 e. The quantitative estimate of drug-likeness (QED) is 0.845. The lowest BCUT2D eigenvalue weighted by atomic mass is 10.1. The van der Waals surface area contributed by atoms with E-state index in [9.17, 15) is 0 Å². The minimum absolute atomic E-state index is 0.673. The van der Waals surface area contributed by atoms with Crippen molar-refractivity contribution < 1.29 is 4.74 Å². The second-order valence-electron chi connectivity index (χ2n) is 4.54. The lowest BCUT2D eigenvalue weighted by molar-refractivity contribution is 0.185. The highest BCUT2D eigenvalue weighted by molar-refractivity contribution is 5.23. The Morgan fingerprint density at radius 1 is 1.11 bits per heavy atom. The number of rotatable bonds is 6. The summed E-state index contributed by atoms with van der Waals surface area (Å²) >= 11 is 0. The number of methoxy groups -OCH3 is 1. The van der Waals surface area contributed by atoms with Crippen LogP contribution >= 0.6 is 0 Å². The van der Waals surface area contributed by atoms with E-state index in [2.05, 4.69) is 52.6 Å². The maximum absolute atomic E-state index is 5.14. The third kappa shape index (κ3) is 3.72. The summed E-state index contributed by atoms with van der Waals surface area (Å²) in [6.07, 6.45) is 4.20. The van der Waals surface area contributed by atoms with Gasteiger partial charge in [0.25, 0.3) is 0 Å². The second kappa shape index (κ2) is 6.38. The molecule has 1 aromatic carbocycles. The van der Waals surface area contributed by atoms with E-state index >= 15 is 0 Å². The lowest BCUT2D eigenvalue weighted by Crippen LogP contribution is -2.12. The molecule has 96 valence electrons. The Labute approximate surface area is 108 Å². The number of aromatic nitrogens is 1. The molecular formula is C15H20N2O. The van der Waals surface area contributed by atoms with Crippen molar-refractivity contribution in [1.29, 1.82) is 0 Å². The first-order valence-corrected chi connectivity index (χ1v) is 6.16. The molecule has 0 unspecified atom stereocenters. The highest BCUT2D eigenvalue weighted by Crippen LogP contribution is 2.07. The first-order valence-electron chi connectivity index (χ1n) is 6.16. The zero-order valence-electron chi connectivity index (χ0n) is 11.0. The van der Waals surface area contributed by atoms with Crippen molar-refractivity contribution in [2.75, 3.05) is 7.11 Å². The van der Waals surface area contributed by atoms with Crippen molar-refractivity contribution in [2.45, 2.75) is 19.7 Å². The third-order valence-electron chi connectivity index (χ3n) is 2.85. The van der Waals surface area contributed by atoms with Gasteiger partial charge in [-0.2, -0.15) is 0 Å². The molecule has 0 saturated carbocycles. The fourth-order valence-electron chi connectivity index (χ4n) is 2.01. The van der Waals surface area contributed by atoms with Gasteiger partial charge in [0.2, 0.25) is 0 Å². The summed E-state index contributed by atoms with van der Waals surface area (Å²) in [5, 5.41) is 3.45. The fraction of sp³-hybridized carbons (Fsp3) is 0.333. The summed E-state index contributed by atoms with van der Waals surface area (Å²) in [7, 11) is 3.76. The summed E-state index contributed by atoms with van der Waals surface area (Å²) in [4.78, 5) is 0. The Morgan fingerprint density at radius 2 is 1.89 bits per heavy atom. The molecule has 0 radical (unpaired) electrons. The van der Waals surface area contributed by atoms with E-state index in [0.717, 1.165) is 13.1 Å². The fourth-order valence-corrected chi connectivity index (χ4v) is 2.01. The van der Waals surface area contributed by atoms with Gasteiger partial charge in [0.1, 0.15) is 0 Å². The van der Waals surface area contributed by atoms with Gasteiger partial charge in [-0.05, 0) is 22.8 Å². The van der Waals surface area contributed by atoms with Crippen LogP contribution in [-0.4, -0.2) is 11.7 Å². The second-order valence-corrected chi connectivity index (χ2v) is 4.54. The first kappa shape index (κ1) is 12.9. The lowest BCUT2D eigenvalue weighted by Gasteiger charge is -2.06. The van der Waals surface area contributed by atoms with Gasteiger partial charge in [-0.25, -0.2) is 0 Å². The zero-order valence-corrected chi connectivity index (χ0v) is 11.0. The molecule has 18 heavy (non-hydrogen) atoms. The van der Waals surface area contributed by atoms with E-state index in [1.807, 2.05) is 7.05 Å². The molecule has 2 rings (SSSR count). The van der Waals surface area contributed by atoms with Gasteiger partial charge in [0, 0.05) is 39.6 Å². The van der Waals surface area contributed by atoms with Crippen LogP contribution in [0.3, 0.4) is 0 Å². The molecule has 0 bridgehead atoms. The van der Waals surface area contributed by atoms with E-state index in [1.54, 1.807) is 7.11 Å². The summed E-state index contributed by atoms with van der Waals surface area (Å²) < 4.78 is 7.20. The standard InChI is InChI=1S/C15H20N2O/c1-17-7-6-15(11-17)10-16-9-13-4-3-5-14(8-13)12-18-2/h3-8,11,16H,9-10,12H2,1-2H3. The summed E-state index contributed by atoms with van der Waals surface area (Å²) in [6.45, 7) is 2.45. The number of ether oxygens (including phenoxy) is 1. The summed E-state index contributed by atoms with van der Waals surface area (Å²) in [5.74, 6) is 0. The molecule has 0 atom stereocenters. The highest BCUT2D eigenvalue weighted by atomic mass is 16.5. The Morgan fingerprint density at radius 3 is 2.61 bits per heavy atom. The van der Waals surface area contributed by atoms with Gasteiger partial charge in [0.05, 0.1) is 6.61 Å². The van der Waals surface area contributed by atoms with Crippen LogP contribution in [0.5, 0.6) is 0 Å². The van der Waals surface area contributed by atoms with Crippen LogP contribution in [0, 0.1) is 0 Å². The van der Waals surface area contributed by atoms with Crippen molar-refractivity contribution in [3.63, 3.8) is 0 Å². The monoisotopic (exact) mass is 244 g/mol. The molecule has 0 aliphatic rings. The minimum atomic E-state index is 0.673. The molecule has 1 heterocycles. The van der Waals surface area contributed by atoms with Gasteiger partial charge in [-0.15, -0.1) is 0 Å². The third-order valence-corrected chi connectivity index (χ3v) is 2.85. The Kier molecular flexibility index (Phi) is 4.56. The largest absolute Gasteiger partial charge is 0.380 e. The van der Waals surface area contributed by atoms with Crippen molar-refractivity contribution in [2.24, 2.45) is 7.05 Å². The zero-order chi connectivity index (χ0) is 12.8. The molecule has 0 amide bonds. The Hall–Kier alpha value is -1.58. The smallest absolute Gasteiger partial charge is 0.0713 e. The van der Waals surface area contributed by atoms with E-state index in [0.29, 0.717) is 6.61 Å². The van der Waals surface area contributed by atoms with Crippen molar-refractivity contribution in [1.82, 2.24) is 9.88 Å². The predicted octanol–water partition coefficient (Wildman–Crippen LogP) is 2.46.